The summed E-state index contributed by atoms with van der Waals surface area (Å²) in [5.41, 5.74) is 1.01. The smallest absolute Gasteiger partial charge is 0.221 e. The molecule has 0 saturated carbocycles. The van der Waals surface area contributed by atoms with Crippen LogP contribution in [0.25, 0.3) is 0 Å². The zero-order chi connectivity index (χ0) is 14.3. The molecule has 1 rings (SSSR count). The van der Waals surface area contributed by atoms with Gasteiger partial charge in [0.1, 0.15) is 11.6 Å². The molecule has 0 aliphatic heterocycles. The van der Waals surface area contributed by atoms with Crippen LogP contribution in [0.2, 0.25) is 0 Å². The fraction of sp³-hybridized carbons (Fsp3) is 0.643. The first kappa shape index (κ1) is 15.4. The van der Waals surface area contributed by atoms with Crippen LogP contribution in [-0.2, 0) is 11.2 Å². The van der Waals surface area contributed by atoms with E-state index in [2.05, 4.69) is 41.4 Å². The van der Waals surface area contributed by atoms with E-state index in [1.54, 1.807) is 0 Å². The first-order chi connectivity index (χ1) is 9.01. The number of anilines is 1. The Morgan fingerprint density at radius 3 is 2.74 bits per heavy atom. The van der Waals surface area contributed by atoms with Crippen LogP contribution in [0, 0.1) is 12.8 Å². The molecule has 1 aromatic heterocycles. The van der Waals surface area contributed by atoms with Crippen LogP contribution >= 0.6 is 0 Å². The Labute approximate surface area is 115 Å². The molecular weight excluding hydrogens is 240 g/mol. The molecular formula is C14H24N4O. The van der Waals surface area contributed by atoms with E-state index in [9.17, 15) is 4.79 Å². The normalized spacial score (nSPS) is 10.6. The Kier molecular flexibility index (Phi) is 6.25. The molecule has 0 radical (unpaired) electrons. The van der Waals surface area contributed by atoms with Crippen molar-refractivity contribution in [1.82, 2.24) is 15.3 Å². The van der Waals surface area contributed by atoms with Gasteiger partial charge < -0.3 is 10.6 Å². The molecule has 0 aromatic carbocycles. The van der Waals surface area contributed by atoms with Crippen LogP contribution < -0.4 is 10.6 Å². The number of nitrogens with zero attached hydrogens (tertiary/aromatic N) is 2. The van der Waals surface area contributed by atoms with Crippen molar-refractivity contribution in [2.24, 2.45) is 5.92 Å². The number of carbonyl (C=O) groups excluding carboxylic acids is 1. The Morgan fingerprint density at radius 2 is 2.11 bits per heavy atom. The number of rotatable bonds is 7. The minimum atomic E-state index is 0.0719. The molecule has 0 fully saturated rings. The monoisotopic (exact) mass is 264 g/mol. The Balaban J connectivity index is 2.36. The highest BCUT2D eigenvalue weighted by atomic mass is 16.1. The number of amides is 1. The summed E-state index contributed by atoms with van der Waals surface area (Å²) in [7, 11) is 0. The lowest BCUT2D eigenvalue weighted by atomic mass is 10.2. The topological polar surface area (TPSA) is 66.9 Å². The highest BCUT2D eigenvalue weighted by Gasteiger charge is 2.04. The Morgan fingerprint density at radius 1 is 1.37 bits per heavy atom. The van der Waals surface area contributed by atoms with Gasteiger partial charge in [0.15, 0.2) is 0 Å². The maximum absolute atomic E-state index is 11.5. The van der Waals surface area contributed by atoms with Crippen LogP contribution in [0.4, 0.5) is 5.82 Å². The van der Waals surface area contributed by atoms with Crippen LogP contribution in [0.5, 0.6) is 0 Å². The van der Waals surface area contributed by atoms with E-state index >= 15 is 0 Å². The van der Waals surface area contributed by atoms with Crippen LogP contribution in [0.3, 0.4) is 0 Å². The van der Waals surface area contributed by atoms with Crippen molar-refractivity contribution in [2.75, 3.05) is 18.4 Å². The fourth-order valence-electron chi connectivity index (χ4n) is 1.61. The number of carbonyl (C=O) groups is 1. The molecule has 0 aliphatic rings. The summed E-state index contributed by atoms with van der Waals surface area (Å²) in [5.74, 6) is 2.10. The summed E-state index contributed by atoms with van der Waals surface area (Å²) >= 11 is 0. The van der Waals surface area contributed by atoms with E-state index in [4.69, 9.17) is 0 Å². The zero-order valence-electron chi connectivity index (χ0n) is 12.3. The van der Waals surface area contributed by atoms with Gasteiger partial charge in [-0.15, -0.1) is 0 Å². The van der Waals surface area contributed by atoms with Gasteiger partial charge in [0.05, 0.1) is 0 Å². The molecule has 19 heavy (non-hydrogen) atoms. The highest BCUT2D eigenvalue weighted by molar-refractivity contribution is 5.76. The van der Waals surface area contributed by atoms with E-state index in [1.165, 1.54) is 0 Å². The second kappa shape index (κ2) is 7.71. The van der Waals surface area contributed by atoms with Crippen molar-refractivity contribution in [1.29, 1.82) is 0 Å². The molecule has 0 spiro atoms. The van der Waals surface area contributed by atoms with Crippen molar-refractivity contribution in [3.63, 3.8) is 0 Å². The molecule has 106 valence electrons. The Hall–Kier alpha value is -1.65. The number of nitrogens with one attached hydrogen (secondary N) is 2. The predicted octanol–water partition coefficient (Wildman–Crippen LogP) is 1.92. The van der Waals surface area contributed by atoms with E-state index in [0.29, 0.717) is 18.9 Å². The minimum Gasteiger partial charge on any atom is -0.369 e. The van der Waals surface area contributed by atoms with Gasteiger partial charge in [0.2, 0.25) is 5.91 Å². The van der Waals surface area contributed by atoms with Crippen LogP contribution in [0.1, 0.15) is 38.7 Å². The van der Waals surface area contributed by atoms with Gasteiger partial charge >= 0.3 is 0 Å². The summed E-state index contributed by atoms with van der Waals surface area (Å²) in [4.78, 5) is 20.2. The first-order valence-corrected chi connectivity index (χ1v) is 6.86. The predicted molar refractivity (Wildman–Crippen MR) is 77.1 cm³/mol. The van der Waals surface area contributed by atoms with Crippen LogP contribution in [0.15, 0.2) is 6.07 Å². The largest absolute Gasteiger partial charge is 0.369 e. The minimum absolute atomic E-state index is 0.0719. The molecule has 5 nitrogen and oxygen atoms in total. The fourth-order valence-corrected chi connectivity index (χ4v) is 1.61. The lowest BCUT2D eigenvalue weighted by molar-refractivity contribution is -0.120. The highest BCUT2D eigenvalue weighted by Crippen LogP contribution is 2.07. The molecule has 0 unspecified atom stereocenters. The molecule has 1 aromatic rings. The Bertz CT molecular complexity index is 418. The van der Waals surface area contributed by atoms with Gasteiger partial charge in [0, 0.05) is 31.3 Å². The molecule has 0 aliphatic carbocycles. The van der Waals surface area contributed by atoms with Crippen molar-refractivity contribution < 1.29 is 4.79 Å². The third kappa shape index (κ3) is 6.18. The molecule has 5 heteroatoms. The lowest BCUT2D eigenvalue weighted by Crippen LogP contribution is -2.28. The van der Waals surface area contributed by atoms with Gasteiger partial charge in [-0.2, -0.15) is 0 Å². The maximum Gasteiger partial charge on any atom is 0.221 e. The number of aromatic nitrogens is 2. The van der Waals surface area contributed by atoms with E-state index in [-0.39, 0.29) is 5.91 Å². The average molecular weight is 264 g/mol. The van der Waals surface area contributed by atoms with Crippen molar-refractivity contribution in [3.05, 3.63) is 17.6 Å². The summed E-state index contributed by atoms with van der Waals surface area (Å²) in [6.07, 6.45) is 1.34. The van der Waals surface area contributed by atoms with Gasteiger partial charge in [-0.3, -0.25) is 4.79 Å². The molecule has 0 bridgehead atoms. The SMILES string of the molecule is CCc1cc(NCCC(=O)NCC(C)C)nc(C)n1. The number of hydrogen-bond donors (Lipinski definition) is 2. The molecule has 1 amide bonds. The summed E-state index contributed by atoms with van der Waals surface area (Å²) in [5, 5.41) is 6.06. The van der Waals surface area contributed by atoms with Gasteiger partial charge in [0.25, 0.3) is 0 Å². The molecule has 1 heterocycles. The van der Waals surface area contributed by atoms with E-state index in [1.807, 2.05) is 13.0 Å². The average Bonchev–Trinajstić information content (AvgIpc) is 2.35. The summed E-state index contributed by atoms with van der Waals surface area (Å²) in [6.45, 7) is 9.41. The van der Waals surface area contributed by atoms with Crippen molar-refractivity contribution in [2.45, 2.75) is 40.5 Å². The lowest BCUT2D eigenvalue weighted by Gasteiger charge is -2.09. The maximum atomic E-state index is 11.5. The van der Waals surface area contributed by atoms with E-state index < -0.39 is 0 Å². The standard InChI is InChI=1S/C14H24N4O/c1-5-12-8-13(18-11(4)17-12)15-7-6-14(19)16-9-10(2)3/h8,10H,5-7,9H2,1-4H3,(H,16,19)(H,15,17,18). The number of aryl methyl sites for hydroxylation is 2. The summed E-state index contributed by atoms with van der Waals surface area (Å²) < 4.78 is 0. The van der Waals surface area contributed by atoms with Gasteiger partial charge in [-0.1, -0.05) is 20.8 Å². The second-order valence-corrected chi connectivity index (χ2v) is 5.02. The van der Waals surface area contributed by atoms with Crippen LogP contribution in [-0.4, -0.2) is 29.0 Å². The van der Waals surface area contributed by atoms with Gasteiger partial charge in [-0.25, -0.2) is 9.97 Å². The molecule has 0 atom stereocenters. The van der Waals surface area contributed by atoms with E-state index in [0.717, 1.165) is 30.3 Å². The molecule has 0 saturated heterocycles. The quantitative estimate of drug-likeness (QED) is 0.789. The number of hydrogen-bond acceptors (Lipinski definition) is 4. The zero-order valence-corrected chi connectivity index (χ0v) is 12.3. The van der Waals surface area contributed by atoms with Crippen molar-refractivity contribution in [3.8, 4) is 0 Å². The molecule has 2 N–H and O–H groups in total. The second-order valence-electron chi connectivity index (χ2n) is 5.02. The third-order valence-electron chi connectivity index (χ3n) is 2.62. The third-order valence-corrected chi connectivity index (χ3v) is 2.62. The summed E-state index contributed by atoms with van der Waals surface area (Å²) in [6, 6.07) is 1.93. The van der Waals surface area contributed by atoms with Crippen molar-refractivity contribution >= 4 is 11.7 Å². The van der Waals surface area contributed by atoms with Gasteiger partial charge in [-0.05, 0) is 19.3 Å². The first-order valence-electron chi connectivity index (χ1n) is 6.86.